The molecule has 25 heavy (non-hydrogen) atoms. The van der Waals surface area contributed by atoms with E-state index < -0.39 is 11.2 Å². The molecule has 130 valence electrons. The number of rotatable bonds is 6. The zero-order valence-corrected chi connectivity index (χ0v) is 15.8. The SMILES string of the molecule is CCC(Sc1ncnc2sc(C)c(-c3ccc(OC)cc3)c12)C(=O)O. The van der Waals surface area contributed by atoms with Crippen molar-refractivity contribution in [2.75, 3.05) is 7.11 Å². The van der Waals surface area contributed by atoms with Crippen LogP contribution in [0.3, 0.4) is 0 Å². The Bertz CT molecular complexity index is 907. The van der Waals surface area contributed by atoms with Gasteiger partial charge in [-0.05, 0) is 31.0 Å². The number of hydrogen-bond donors (Lipinski definition) is 1. The van der Waals surface area contributed by atoms with Gasteiger partial charge in [0.1, 0.15) is 27.2 Å². The Hall–Kier alpha value is -2.12. The zero-order valence-electron chi connectivity index (χ0n) is 14.1. The van der Waals surface area contributed by atoms with Crippen LogP contribution in [-0.2, 0) is 4.79 Å². The second-order valence-corrected chi connectivity index (χ2v) is 7.87. The highest BCUT2D eigenvalue weighted by molar-refractivity contribution is 8.00. The van der Waals surface area contributed by atoms with E-state index in [2.05, 4.69) is 16.9 Å². The molecule has 0 radical (unpaired) electrons. The third kappa shape index (κ3) is 3.48. The van der Waals surface area contributed by atoms with Gasteiger partial charge in [0.15, 0.2) is 0 Å². The van der Waals surface area contributed by atoms with Crippen LogP contribution in [0.25, 0.3) is 21.3 Å². The van der Waals surface area contributed by atoms with Crippen LogP contribution in [0.1, 0.15) is 18.2 Å². The average molecular weight is 374 g/mol. The van der Waals surface area contributed by atoms with E-state index in [1.54, 1.807) is 18.4 Å². The number of carboxylic acids is 1. The van der Waals surface area contributed by atoms with Crippen molar-refractivity contribution >= 4 is 39.3 Å². The van der Waals surface area contributed by atoms with Crippen LogP contribution in [-0.4, -0.2) is 33.4 Å². The van der Waals surface area contributed by atoms with Gasteiger partial charge in [0.25, 0.3) is 0 Å². The Labute approximate surface area is 154 Å². The maximum absolute atomic E-state index is 11.4. The molecule has 1 N–H and O–H groups in total. The maximum Gasteiger partial charge on any atom is 0.317 e. The van der Waals surface area contributed by atoms with E-state index in [-0.39, 0.29) is 0 Å². The zero-order chi connectivity index (χ0) is 18.0. The highest BCUT2D eigenvalue weighted by Gasteiger charge is 2.22. The molecule has 1 atom stereocenters. The van der Waals surface area contributed by atoms with E-state index in [9.17, 15) is 9.90 Å². The van der Waals surface area contributed by atoms with Crippen molar-refractivity contribution in [2.45, 2.75) is 30.5 Å². The summed E-state index contributed by atoms with van der Waals surface area (Å²) in [4.78, 5) is 22.2. The van der Waals surface area contributed by atoms with Crippen LogP contribution in [0.15, 0.2) is 35.6 Å². The molecule has 0 amide bonds. The summed E-state index contributed by atoms with van der Waals surface area (Å²) in [6, 6.07) is 7.84. The van der Waals surface area contributed by atoms with E-state index in [4.69, 9.17) is 4.74 Å². The molecule has 0 spiro atoms. The Kier molecular flexibility index (Phi) is 5.24. The molecule has 2 aromatic heterocycles. The van der Waals surface area contributed by atoms with Gasteiger partial charge in [-0.1, -0.05) is 30.8 Å². The van der Waals surface area contributed by atoms with E-state index >= 15 is 0 Å². The van der Waals surface area contributed by atoms with Gasteiger partial charge in [0, 0.05) is 10.4 Å². The number of aryl methyl sites for hydroxylation is 1. The first-order valence-electron chi connectivity index (χ1n) is 7.83. The molecule has 0 aliphatic rings. The van der Waals surface area contributed by atoms with Crippen LogP contribution < -0.4 is 4.74 Å². The number of nitrogens with zero attached hydrogens (tertiary/aromatic N) is 2. The van der Waals surface area contributed by atoms with Crippen molar-refractivity contribution < 1.29 is 14.6 Å². The molecular formula is C18H18N2O3S2. The molecule has 5 nitrogen and oxygen atoms in total. The van der Waals surface area contributed by atoms with Gasteiger partial charge in [0.2, 0.25) is 0 Å². The Morgan fingerprint density at radius 1 is 1.32 bits per heavy atom. The van der Waals surface area contributed by atoms with Gasteiger partial charge in [0.05, 0.1) is 12.5 Å². The topological polar surface area (TPSA) is 72.3 Å². The minimum Gasteiger partial charge on any atom is -0.497 e. The van der Waals surface area contributed by atoms with Gasteiger partial charge in [-0.2, -0.15) is 0 Å². The summed E-state index contributed by atoms with van der Waals surface area (Å²) in [5, 5.41) is 10.5. The smallest absolute Gasteiger partial charge is 0.317 e. The first kappa shape index (κ1) is 17.7. The lowest BCUT2D eigenvalue weighted by Crippen LogP contribution is -2.15. The molecule has 0 saturated carbocycles. The monoisotopic (exact) mass is 374 g/mol. The molecule has 7 heteroatoms. The summed E-state index contributed by atoms with van der Waals surface area (Å²) >= 11 is 2.89. The van der Waals surface area contributed by atoms with Crippen LogP contribution in [0.2, 0.25) is 0 Å². The van der Waals surface area contributed by atoms with Gasteiger partial charge >= 0.3 is 5.97 Å². The normalized spacial score (nSPS) is 12.3. The predicted molar refractivity (Wildman–Crippen MR) is 102 cm³/mol. The lowest BCUT2D eigenvalue weighted by Gasteiger charge is -2.11. The molecule has 0 fully saturated rings. The summed E-state index contributed by atoms with van der Waals surface area (Å²) in [5.41, 5.74) is 2.11. The number of thioether (sulfide) groups is 1. The van der Waals surface area contributed by atoms with Crippen LogP contribution in [0.4, 0.5) is 0 Å². The minimum atomic E-state index is -0.822. The lowest BCUT2D eigenvalue weighted by atomic mass is 10.0. The predicted octanol–water partition coefficient (Wildman–Crippen LogP) is 4.63. The van der Waals surface area contributed by atoms with Crippen molar-refractivity contribution in [3.05, 3.63) is 35.5 Å². The van der Waals surface area contributed by atoms with Gasteiger partial charge in [-0.3, -0.25) is 4.79 Å². The highest BCUT2D eigenvalue weighted by Crippen LogP contribution is 2.42. The molecule has 3 aromatic rings. The fraction of sp³-hybridized carbons (Fsp3) is 0.278. The van der Waals surface area contributed by atoms with Gasteiger partial charge in [-0.15, -0.1) is 11.3 Å². The Balaban J connectivity index is 2.14. The van der Waals surface area contributed by atoms with Crippen molar-refractivity contribution in [3.63, 3.8) is 0 Å². The first-order valence-corrected chi connectivity index (χ1v) is 9.52. The third-order valence-electron chi connectivity index (χ3n) is 3.91. The maximum atomic E-state index is 11.4. The van der Waals surface area contributed by atoms with E-state index in [1.807, 2.05) is 31.2 Å². The summed E-state index contributed by atoms with van der Waals surface area (Å²) in [6.07, 6.45) is 2.04. The van der Waals surface area contributed by atoms with Gasteiger partial charge < -0.3 is 9.84 Å². The van der Waals surface area contributed by atoms with E-state index in [1.165, 1.54) is 18.1 Å². The molecule has 3 rings (SSSR count). The first-order chi connectivity index (χ1) is 12.0. The number of aliphatic carboxylic acids is 1. The fourth-order valence-electron chi connectivity index (χ4n) is 2.66. The van der Waals surface area contributed by atoms with Crippen LogP contribution >= 0.6 is 23.1 Å². The number of methoxy groups -OCH3 is 1. The number of benzene rings is 1. The number of ether oxygens (including phenoxy) is 1. The molecule has 2 heterocycles. The molecule has 1 unspecified atom stereocenters. The number of carbonyl (C=O) groups is 1. The minimum absolute atomic E-state index is 0.526. The number of hydrogen-bond acceptors (Lipinski definition) is 6. The fourth-order valence-corrected chi connectivity index (χ4v) is 4.69. The largest absolute Gasteiger partial charge is 0.497 e. The quantitative estimate of drug-likeness (QED) is 0.501. The summed E-state index contributed by atoms with van der Waals surface area (Å²) in [7, 11) is 1.64. The van der Waals surface area contributed by atoms with Crippen LogP contribution in [0.5, 0.6) is 5.75 Å². The third-order valence-corrected chi connectivity index (χ3v) is 6.27. The number of thiophene rings is 1. The second-order valence-electron chi connectivity index (χ2n) is 5.47. The molecule has 0 aliphatic heterocycles. The Morgan fingerprint density at radius 2 is 2.04 bits per heavy atom. The molecule has 0 aliphatic carbocycles. The van der Waals surface area contributed by atoms with Crippen LogP contribution in [0, 0.1) is 6.92 Å². The number of carboxylic acid groups (broad SMARTS) is 1. The van der Waals surface area contributed by atoms with Gasteiger partial charge in [-0.25, -0.2) is 9.97 Å². The van der Waals surface area contributed by atoms with E-state index in [0.717, 1.165) is 37.0 Å². The van der Waals surface area contributed by atoms with Crippen molar-refractivity contribution in [1.29, 1.82) is 0 Å². The average Bonchev–Trinajstić information content (AvgIpc) is 2.96. The molecule has 0 bridgehead atoms. The Morgan fingerprint density at radius 3 is 2.64 bits per heavy atom. The standard InChI is InChI=1S/C18H18N2O3S2/c1-4-13(18(21)22)25-17-15-14(10(2)24-16(15)19-9-20-17)11-5-7-12(23-3)8-6-11/h5-9,13H,4H2,1-3H3,(H,21,22). The summed E-state index contributed by atoms with van der Waals surface area (Å²) < 4.78 is 5.23. The molecular weight excluding hydrogens is 356 g/mol. The highest BCUT2D eigenvalue weighted by atomic mass is 32.2. The summed E-state index contributed by atoms with van der Waals surface area (Å²) in [6.45, 7) is 3.92. The number of fused-ring (bicyclic) bond motifs is 1. The van der Waals surface area contributed by atoms with E-state index in [0.29, 0.717) is 6.42 Å². The number of aromatic nitrogens is 2. The molecule has 0 saturated heterocycles. The molecule has 1 aromatic carbocycles. The van der Waals surface area contributed by atoms with Crippen molar-refractivity contribution in [1.82, 2.24) is 9.97 Å². The summed E-state index contributed by atoms with van der Waals surface area (Å²) in [5.74, 6) is -0.0269. The lowest BCUT2D eigenvalue weighted by molar-refractivity contribution is -0.136. The second kappa shape index (κ2) is 7.41. The van der Waals surface area contributed by atoms with Crippen molar-refractivity contribution in [2.24, 2.45) is 0 Å². The van der Waals surface area contributed by atoms with Crippen molar-refractivity contribution in [3.8, 4) is 16.9 Å².